The summed E-state index contributed by atoms with van der Waals surface area (Å²) in [5, 5.41) is 0. The number of rotatable bonds is 3. The van der Waals surface area contributed by atoms with Gasteiger partial charge >= 0.3 is 0 Å². The fourth-order valence-corrected chi connectivity index (χ4v) is 2.81. The second-order valence-electron chi connectivity index (χ2n) is 4.63. The Kier molecular flexibility index (Phi) is 4.73. The van der Waals surface area contributed by atoms with Crippen molar-refractivity contribution in [3.05, 3.63) is 50.0 Å². The number of nitrogens with two attached hydrogens (primary N) is 1. The van der Waals surface area contributed by atoms with Crippen molar-refractivity contribution in [2.24, 2.45) is 0 Å². The van der Waals surface area contributed by atoms with Gasteiger partial charge in [-0.1, -0.05) is 29.8 Å². The molecule has 0 bridgehead atoms. The van der Waals surface area contributed by atoms with Crippen LogP contribution in [0.25, 0.3) is 0 Å². The van der Waals surface area contributed by atoms with Crippen molar-refractivity contribution in [1.29, 1.82) is 0 Å². The minimum Gasteiger partial charge on any atom is -0.456 e. The molecule has 0 aliphatic carbocycles. The lowest BCUT2D eigenvalue weighted by atomic mass is 10.0. The molecule has 100 valence electrons. The number of halogens is 2. The molecule has 0 fully saturated rings. The number of ether oxygens (including phenoxy) is 1. The molecule has 0 aromatic heterocycles. The van der Waals surface area contributed by atoms with Crippen molar-refractivity contribution in [3.8, 4) is 11.5 Å². The lowest BCUT2D eigenvalue weighted by Gasteiger charge is -2.15. The normalized spacial score (nSPS) is 10.8. The van der Waals surface area contributed by atoms with E-state index >= 15 is 0 Å². The molecule has 0 spiro atoms. The first-order valence-corrected chi connectivity index (χ1v) is 7.87. The summed E-state index contributed by atoms with van der Waals surface area (Å²) in [5.41, 5.74) is 7.68. The predicted octanol–water partition coefficient (Wildman–Crippen LogP) is 5.55. The molecule has 4 heteroatoms. The van der Waals surface area contributed by atoms with Crippen LogP contribution < -0.4 is 10.5 Å². The molecule has 2 rings (SSSR count). The van der Waals surface area contributed by atoms with Gasteiger partial charge in [0.1, 0.15) is 11.5 Å². The summed E-state index contributed by atoms with van der Waals surface area (Å²) in [6.07, 6.45) is 0. The van der Waals surface area contributed by atoms with Crippen LogP contribution in [0.1, 0.15) is 25.3 Å². The topological polar surface area (TPSA) is 35.2 Å². The largest absolute Gasteiger partial charge is 0.456 e. The van der Waals surface area contributed by atoms with Crippen LogP contribution >= 0.6 is 38.5 Å². The first-order chi connectivity index (χ1) is 8.97. The second-order valence-corrected chi connectivity index (χ2v) is 6.71. The molecule has 0 radical (unpaired) electrons. The molecule has 0 atom stereocenters. The average molecular weight is 432 g/mol. The zero-order valence-corrected chi connectivity index (χ0v) is 14.5. The highest BCUT2D eigenvalue weighted by Gasteiger charge is 2.11. The van der Waals surface area contributed by atoms with Crippen LogP contribution in [0.5, 0.6) is 11.5 Å². The van der Waals surface area contributed by atoms with E-state index in [0.29, 0.717) is 5.92 Å². The summed E-state index contributed by atoms with van der Waals surface area (Å²) in [7, 11) is 0. The fourth-order valence-electron chi connectivity index (χ4n) is 1.78. The van der Waals surface area contributed by atoms with E-state index in [0.717, 1.165) is 25.2 Å². The molecule has 2 aromatic rings. The molecular weight excluding hydrogens is 417 g/mol. The van der Waals surface area contributed by atoms with Crippen LogP contribution in [0.15, 0.2) is 40.9 Å². The van der Waals surface area contributed by atoms with Crippen molar-refractivity contribution < 1.29 is 4.74 Å². The van der Waals surface area contributed by atoms with Gasteiger partial charge in [-0.2, -0.15) is 0 Å². The summed E-state index contributed by atoms with van der Waals surface area (Å²) in [6, 6.07) is 11.7. The first-order valence-electron chi connectivity index (χ1n) is 5.99. The SMILES string of the molecule is CC(C)c1cc(Br)ccc1Oc1ccc(N)cc1I. The molecule has 2 nitrogen and oxygen atoms in total. The molecule has 0 aliphatic rings. The Bertz CT molecular complexity index is 599. The monoisotopic (exact) mass is 431 g/mol. The Morgan fingerprint density at radius 3 is 2.42 bits per heavy atom. The highest BCUT2D eigenvalue weighted by molar-refractivity contribution is 14.1. The molecule has 0 amide bonds. The van der Waals surface area contributed by atoms with Crippen molar-refractivity contribution >= 4 is 44.2 Å². The van der Waals surface area contributed by atoms with Gasteiger partial charge in [-0.3, -0.25) is 0 Å². The van der Waals surface area contributed by atoms with Crippen LogP contribution in [0.3, 0.4) is 0 Å². The Morgan fingerprint density at radius 2 is 1.79 bits per heavy atom. The van der Waals surface area contributed by atoms with Crippen molar-refractivity contribution in [1.82, 2.24) is 0 Å². The Morgan fingerprint density at radius 1 is 1.11 bits per heavy atom. The van der Waals surface area contributed by atoms with Gasteiger partial charge in [0.05, 0.1) is 3.57 Å². The van der Waals surface area contributed by atoms with Gasteiger partial charge in [-0.25, -0.2) is 0 Å². The van der Waals surface area contributed by atoms with Crippen LogP contribution in [0, 0.1) is 3.57 Å². The highest BCUT2D eigenvalue weighted by Crippen LogP contribution is 2.35. The first kappa shape index (κ1) is 14.7. The standard InChI is InChI=1S/C15H15BrINO/c1-9(2)12-7-10(16)3-5-14(12)19-15-6-4-11(18)8-13(15)17/h3-9H,18H2,1-2H3. The van der Waals surface area contributed by atoms with E-state index in [1.165, 1.54) is 5.56 Å². The quantitative estimate of drug-likeness (QED) is 0.510. The van der Waals surface area contributed by atoms with Gasteiger partial charge < -0.3 is 10.5 Å². The summed E-state index contributed by atoms with van der Waals surface area (Å²) in [4.78, 5) is 0. The minimum absolute atomic E-state index is 0.402. The van der Waals surface area contributed by atoms with Crippen LogP contribution in [0.4, 0.5) is 5.69 Å². The maximum atomic E-state index is 6.03. The molecular formula is C15H15BrINO. The number of nitrogen functional groups attached to an aromatic ring is 1. The molecule has 0 aliphatic heterocycles. The number of hydrogen-bond donors (Lipinski definition) is 1. The van der Waals surface area contributed by atoms with Crippen LogP contribution in [-0.4, -0.2) is 0 Å². The third-order valence-corrected chi connectivity index (χ3v) is 4.11. The summed E-state index contributed by atoms with van der Waals surface area (Å²) < 4.78 is 8.10. The Labute approximate surface area is 135 Å². The maximum Gasteiger partial charge on any atom is 0.140 e. The van der Waals surface area contributed by atoms with Crippen LogP contribution in [-0.2, 0) is 0 Å². The lowest BCUT2D eigenvalue weighted by molar-refractivity contribution is 0.470. The van der Waals surface area contributed by atoms with E-state index in [9.17, 15) is 0 Å². The van der Waals surface area contributed by atoms with Crippen molar-refractivity contribution in [2.45, 2.75) is 19.8 Å². The van der Waals surface area contributed by atoms with Gasteiger partial charge in [0.25, 0.3) is 0 Å². The van der Waals surface area contributed by atoms with E-state index in [1.54, 1.807) is 0 Å². The zero-order valence-electron chi connectivity index (χ0n) is 10.8. The lowest BCUT2D eigenvalue weighted by Crippen LogP contribution is -1.96. The van der Waals surface area contributed by atoms with E-state index in [4.69, 9.17) is 10.5 Å². The number of anilines is 1. The summed E-state index contributed by atoms with van der Waals surface area (Å²) in [6.45, 7) is 4.31. The Balaban J connectivity index is 2.38. The van der Waals surface area contributed by atoms with Crippen LogP contribution in [0.2, 0.25) is 0 Å². The third kappa shape index (κ3) is 3.63. The second kappa shape index (κ2) is 6.13. The number of benzene rings is 2. The van der Waals surface area contributed by atoms with Gasteiger partial charge in [0.15, 0.2) is 0 Å². The van der Waals surface area contributed by atoms with Gasteiger partial charge in [0.2, 0.25) is 0 Å². The number of hydrogen-bond acceptors (Lipinski definition) is 2. The van der Waals surface area contributed by atoms with E-state index in [1.807, 2.05) is 30.3 Å². The molecule has 0 saturated heterocycles. The smallest absolute Gasteiger partial charge is 0.140 e. The Hall–Kier alpha value is -0.750. The predicted molar refractivity (Wildman–Crippen MR) is 91.9 cm³/mol. The highest BCUT2D eigenvalue weighted by atomic mass is 127. The molecule has 0 heterocycles. The molecule has 2 N–H and O–H groups in total. The van der Waals surface area contributed by atoms with Crippen molar-refractivity contribution in [3.63, 3.8) is 0 Å². The fraction of sp³-hybridized carbons (Fsp3) is 0.200. The molecule has 0 saturated carbocycles. The average Bonchev–Trinajstić information content (AvgIpc) is 2.34. The van der Waals surface area contributed by atoms with Gasteiger partial charge in [-0.15, -0.1) is 0 Å². The minimum atomic E-state index is 0.402. The molecule has 0 unspecified atom stereocenters. The summed E-state index contributed by atoms with van der Waals surface area (Å²) >= 11 is 5.73. The van der Waals surface area contributed by atoms with E-state index < -0.39 is 0 Å². The van der Waals surface area contributed by atoms with Gasteiger partial charge in [0, 0.05) is 10.2 Å². The van der Waals surface area contributed by atoms with E-state index in [2.05, 4.69) is 58.4 Å². The molecule has 19 heavy (non-hydrogen) atoms. The zero-order chi connectivity index (χ0) is 14.0. The third-order valence-electron chi connectivity index (χ3n) is 2.77. The summed E-state index contributed by atoms with van der Waals surface area (Å²) in [5.74, 6) is 2.12. The molecule has 2 aromatic carbocycles. The van der Waals surface area contributed by atoms with Crippen molar-refractivity contribution in [2.75, 3.05) is 5.73 Å². The van der Waals surface area contributed by atoms with Gasteiger partial charge in [-0.05, 0) is 70.5 Å². The van der Waals surface area contributed by atoms with E-state index in [-0.39, 0.29) is 0 Å². The maximum absolute atomic E-state index is 6.03.